The van der Waals surface area contributed by atoms with E-state index < -0.39 is 0 Å². The predicted molar refractivity (Wildman–Crippen MR) is 104 cm³/mol. The maximum atomic E-state index is 13.4. The number of aryl methyl sites for hydroxylation is 1. The highest BCUT2D eigenvalue weighted by Crippen LogP contribution is 2.36. The van der Waals surface area contributed by atoms with Gasteiger partial charge in [0.15, 0.2) is 5.82 Å². The van der Waals surface area contributed by atoms with E-state index in [1.54, 1.807) is 50.3 Å². The molecule has 1 unspecified atom stereocenters. The van der Waals surface area contributed by atoms with Gasteiger partial charge in [0.2, 0.25) is 5.91 Å². The summed E-state index contributed by atoms with van der Waals surface area (Å²) in [5.41, 5.74) is 2.04. The lowest BCUT2D eigenvalue weighted by molar-refractivity contribution is -0.117. The van der Waals surface area contributed by atoms with Crippen LogP contribution < -0.4 is 14.4 Å². The molecule has 7 nitrogen and oxygen atoms in total. The normalized spacial score (nSPS) is 16.3. The maximum absolute atomic E-state index is 13.4. The average Bonchev–Trinajstić information content (AvgIpc) is 3.34. The van der Waals surface area contributed by atoms with Crippen molar-refractivity contribution in [3.8, 4) is 23.0 Å². The molecule has 2 heterocycles. The van der Waals surface area contributed by atoms with Gasteiger partial charge in [-0.15, -0.1) is 0 Å². The summed E-state index contributed by atoms with van der Waals surface area (Å²) in [5.74, 6) is 1.36. The molecule has 0 bridgehead atoms. The van der Waals surface area contributed by atoms with Gasteiger partial charge in [0, 0.05) is 30.6 Å². The fourth-order valence-electron chi connectivity index (χ4n) is 3.52. The van der Waals surface area contributed by atoms with Crippen molar-refractivity contribution in [3.63, 3.8) is 0 Å². The van der Waals surface area contributed by atoms with E-state index in [-0.39, 0.29) is 24.1 Å². The lowest BCUT2D eigenvalue weighted by Gasteiger charge is -2.18. The highest BCUT2D eigenvalue weighted by Gasteiger charge is 2.35. The van der Waals surface area contributed by atoms with Crippen molar-refractivity contribution >= 4 is 11.6 Å². The largest absolute Gasteiger partial charge is 0.497 e. The van der Waals surface area contributed by atoms with Crippen LogP contribution in [-0.4, -0.2) is 36.8 Å². The summed E-state index contributed by atoms with van der Waals surface area (Å²) in [4.78, 5) is 18.7. The Morgan fingerprint density at radius 2 is 2.00 bits per heavy atom. The number of hydrogen-bond donors (Lipinski definition) is 0. The summed E-state index contributed by atoms with van der Waals surface area (Å²) >= 11 is 0. The van der Waals surface area contributed by atoms with Crippen LogP contribution in [0.5, 0.6) is 11.5 Å². The Morgan fingerprint density at radius 3 is 2.72 bits per heavy atom. The van der Waals surface area contributed by atoms with Gasteiger partial charge in [0.25, 0.3) is 5.89 Å². The first-order valence-corrected chi connectivity index (χ1v) is 9.12. The number of aromatic nitrogens is 2. The van der Waals surface area contributed by atoms with Crippen LogP contribution in [0.2, 0.25) is 0 Å². The van der Waals surface area contributed by atoms with E-state index in [1.165, 1.54) is 12.1 Å². The van der Waals surface area contributed by atoms with Gasteiger partial charge in [-0.05, 0) is 42.8 Å². The number of anilines is 1. The van der Waals surface area contributed by atoms with Crippen molar-refractivity contribution < 1.29 is 23.2 Å². The topological polar surface area (TPSA) is 77.7 Å². The predicted octanol–water partition coefficient (Wildman–Crippen LogP) is 3.72. The summed E-state index contributed by atoms with van der Waals surface area (Å²) in [6.07, 6.45) is 0.259. The molecular weight excluding hydrogens is 377 g/mol. The molecule has 1 aliphatic rings. The Bertz CT molecular complexity index is 1070. The van der Waals surface area contributed by atoms with Crippen molar-refractivity contribution in [1.29, 1.82) is 0 Å². The number of amides is 1. The van der Waals surface area contributed by atoms with Crippen molar-refractivity contribution in [2.75, 3.05) is 25.7 Å². The smallest absolute Gasteiger partial charge is 0.261 e. The van der Waals surface area contributed by atoms with Gasteiger partial charge in [-0.3, -0.25) is 4.79 Å². The maximum Gasteiger partial charge on any atom is 0.261 e. The zero-order valence-corrected chi connectivity index (χ0v) is 16.3. The van der Waals surface area contributed by atoms with Crippen molar-refractivity contribution in [2.45, 2.75) is 19.3 Å². The Kier molecular flexibility index (Phi) is 4.92. The van der Waals surface area contributed by atoms with Gasteiger partial charge >= 0.3 is 0 Å². The quantitative estimate of drug-likeness (QED) is 0.653. The molecule has 29 heavy (non-hydrogen) atoms. The van der Waals surface area contributed by atoms with Gasteiger partial charge in [0.1, 0.15) is 17.3 Å². The second-order valence-corrected chi connectivity index (χ2v) is 6.86. The lowest BCUT2D eigenvalue weighted by atomic mass is 10.1. The van der Waals surface area contributed by atoms with Crippen LogP contribution in [0.3, 0.4) is 0 Å². The first kappa shape index (κ1) is 18.9. The van der Waals surface area contributed by atoms with E-state index in [0.717, 1.165) is 0 Å². The Labute approximate surface area is 167 Å². The number of carbonyl (C=O) groups is 1. The van der Waals surface area contributed by atoms with E-state index in [1.807, 2.05) is 0 Å². The van der Waals surface area contributed by atoms with Gasteiger partial charge in [0.05, 0.1) is 19.8 Å². The van der Waals surface area contributed by atoms with Crippen molar-refractivity contribution in [3.05, 3.63) is 53.6 Å². The Hall–Kier alpha value is -3.42. The SMILES string of the molecule is COc1ccc(-c2nc(C3CC(=O)N(c4ccc(F)cc4C)C3)no2)c(OC)c1. The van der Waals surface area contributed by atoms with Gasteiger partial charge in [-0.25, -0.2) is 4.39 Å². The van der Waals surface area contributed by atoms with Crippen LogP contribution in [0.4, 0.5) is 10.1 Å². The number of hydrogen-bond acceptors (Lipinski definition) is 6. The van der Waals surface area contributed by atoms with Crippen LogP contribution in [-0.2, 0) is 4.79 Å². The van der Waals surface area contributed by atoms with Crippen LogP contribution in [0.25, 0.3) is 11.5 Å². The third-order valence-corrected chi connectivity index (χ3v) is 5.02. The van der Waals surface area contributed by atoms with Gasteiger partial charge in [-0.1, -0.05) is 5.16 Å². The Balaban J connectivity index is 1.58. The second kappa shape index (κ2) is 7.54. The van der Waals surface area contributed by atoms with Crippen molar-refractivity contribution in [2.24, 2.45) is 0 Å². The standard InChI is InChI=1S/C21H20FN3O4/c1-12-8-14(22)4-7-17(12)25-11-13(9-19(25)26)20-23-21(29-24-20)16-6-5-15(27-2)10-18(16)28-3/h4-8,10,13H,9,11H2,1-3H3. The summed E-state index contributed by atoms with van der Waals surface area (Å²) in [7, 11) is 3.12. The first-order chi connectivity index (χ1) is 14.0. The number of nitrogens with zero attached hydrogens (tertiary/aromatic N) is 3. The van der Waals surface area contributed by atoms with Crippen LogP contribution >= 0.6 is 0 Å². The van der Waals surface area contributed by atoms with E-state index in [2.05, 4.69) is 10.1 Å². The molecule has 1 saturated heterocycles. The summed E-state index contributed by atoms with van der Waals surface area (Å²) < 4.78 is 29.4. The monoisotopic (exact) mass is 397 g/mol. The highest BCUT2D eigenvalue weighted by atomic mass is 19.1. The molecule has 0 aliphatic carbocycles. The zero-order valence-electron chi connectivity index (χ0n) is 16.3. The number of rotatable bonds is 5. The minimum atomic E-state index is -0.328. The fourth-order valence-corrected chi connectivity index (χ4v) is 3.52. The number of benzene rings is 2. The van der Waals surface area contributed by atoms with Gasteiger partial charge in [-0.2, -0.15) is 4.98 Å². The molecule has 0 radical (unpaired) electrons. The third kappa shape index (κ3) is 3.53. The second-order valence-electron chi connectivity index (χ2n) is 6.86. The number of methoxy groups -OCH3 is 2. The molecule has 0 spiro atoms. The molecule has 3 aromatic rings. The molecular formula is C21H20FN3O4. The number of carbonyl (C=O) groups excluding carboxylic acids is 1. The van der Waals surface area contributed by atoms with Crippen LogP contribution in [0, 0.1) is 12.7 Å². The first-order valence-electron chi connectivity index (χ1n) is 9.12. The van der Waals surface area contributed by atoms with E-state index in [0.29, 0.717) is 46.6 Å². The molecule has 1 fully saturated rings. The average molecular weight is 397 g/mol. The molecule has 0 N–H and O–H groups in total. The molecule has 1 atom stereocenters. The molecule has 1 amide bonds. The third-order valence-electron chi connectivity index (χ3n) is 5.02. The minimum absolute atomic E-state index is 0.0573. The summed E-state index contributed by atoms with van der Waals surface area (Å²) in [5, 5.41) is 4.08. The van der Waals surface area contributed by atoms with Crippen molar-refractivity contribution in [1.82, 2.24) is 10.1 Å². The van der Waals surface area contributed by atoms with Crippen LogP contribution in [0.1, 0.15) is 23.7 Å². The Morgan fingerprint density at radius 1 is 1.17 bits per heavy atom. The van der Waals surface area contributed by atoms with Crippen LogP contribution in [0.15, 0.2) is 40.9 Å². The minimum Gasteiger partial charge on any atom is -0.497 e. The van der Waals surface area contributed by atoms with E-state index in [4.69, 9.17) is 14.0 Å². The summed E-state index contributed by atoms with van der Waals surface area (Å²) in [6.45, 7) is 2.19. The van der Waals surface area contributed by atoms with Gasteiger partial charge < -0.3 is 18.9 Å². The van der Waals surface area contributed by atoms with E-state index >= 15 is 0 Å². The highest BCUT2D eigenvalue weighted by molar-refractivity contribution is 5.97. The summed E-state index contributed by atoms with van der Waals surface area (Å²) in [6, 6.07) is 9.68. The van der Waals surface area contributed by atoms with E-state index in [9.17, 15) is 9.18 Å². The number of ether oxygens (including phenoxy) is 2. The zero-order chi connectivity index (χ0) is 20.5. The fraction of sp³-hybridized carbons (Fsp3) is 0.286. The number of halogens is 1. The molecule has 0 saturated carbocycles. The molecule has 1 aliphatic heterocycles. The molecule has 1 aromatic heterocycles. The molecule has 150 valence electrons. The molecule has 2 aromatic carbocycles. The molecule has 4 rings (SSSR count). The molecule has 8 heteroatoms. The lowest BCUT2D eigenvalue weighted by Crippen LogP contribution is -2.25.